The molecule has 0 bridgehead atoms. The van der Waals surface area contributed by atoms with Crippen molar-refractivity contribution in [3.8, 4) is 17.3 Å². The first-order valence-electron chi connectivity index (χ1n) is 6.72. The van der Waals surface area contributed by atoms with E-state index in [2.05, 4.69) is 31.0 Å². The number of aryl methyl sites for hydroxylation is 2. The van der Waals surface area contributed by atoms with Crippen LogP contribution in [0.5, 0.6) is 0 Å². The molecular formula is C18H14N2O. The minimum Gasteiger partial charge on any atom is -0.354 e. The minimum absolute atomic E-state index is 0.552. The van der Waals surface area contributed by atoms with E-state index in [1.165, 1.54) is 11.1 Å². The molecule has 1 N–H and O–H groups in total. The van der Waals surface area contributed by atoms with Gasteiger partial charge in [-0.3, -0.25) is 4.79 Å². The maximum absolute atomic E-state index is 11.5. The number of fused-ring (bicyclic) bond motifs is 1. The Morgan fingerprint density at radius 3 is 2.57 bits per heavy atom. The molecule has 0 atom stereocenters. The lowest BCUT2D eigenvalue weighted by atomic mass is 10.0. The second-order valence-corrected chi connectivity index (χ2v) is 5.20. The highest BCUT2D eigenvalue weighted by atomic mass is 16.1. The molecule has 0 saturated carbocycles. The van der Waals surface area contributed by atoms with E-state index in [1.54, 1.807) is 12.1 Å². The monoisotopic (exact) mass is 274 g/mol. The summed E-state index contributed by atoms with van der Waals surface area (Å²) in [4.78, 5) is 14.8. The fraction of sp³-hybridized carbons (Fsp3) is 0.111. The van der Waals surface area contributed by atoms with Gasteiger partial charge in [-0.05, 0) is 54.8 Å². The van der Waals surface area contributed by atoms with Crippen LogP contribution < -0.4 is 0 Å². The lowest BCUT2D eigenvalue weighted by Gasteiger charge is -2.04. The number of hydrogen-bond acceptors (Lipinski definition) is 2. The Bertz CT molecular complexity index is 897. The van der Waals surface area contributed by atoms with Crippen molar-refractivity contribution >= 4 is 17.2 Å². The average molecular weight is 274 g/mol. The van der Waals surface area contributed by atoms with E-state index < -0.39 is 0 Å². The summed E-state index contributed by atoms with van der Waals surface area (Å²) in [5.74, 6) is 0. The number of nitriles is 1. The largest absolute Gasteiger partial charge is 0.354 e. The topological polar surface area (TPSA) is 56.6 Å². The summed E-state index contributed by atoms with van der Waals surface area (Å²) >= 11 is 0. The third-order valence-corrected chi connectivity index (χ3v) is 3.88. The van der Waals surface area contributed by atoms with E-state index in [0.29, 0.717) is 11.1 Å². The van der Waals surface area contributed by atoms with Crippen molar-refractivity contribution in [2.75, 3.05) is 0 Å². The van der Waals surface area contributed by atoms with Crippen LogP contribution in [0.15, 0.2) is 36.4 Å². The quantitative estimate of drug-likeness (QED) is 0.714. The third kappa shape index (κ3) is 2.11. The predicted octanol–water partition coefficient (Wildman–Crippen LogP) is 4.14. The van der Waals surface area contributed by atoms with Crippen molar-refractivity contribution in [1.29, 1.82) is 5.26 Å². The first kappa shape index (κ1) is 13.1. The maximum atomic E-state index is 11.5. The zero-order chi connectivity index (χ0) is 15.0. The van der Waals surface area contributed by atoms with Gasteiger partial charge >= 0.3 is 0 Å². The first-order valence-corrected chi connectivity index (χ1v) is 6.72. The molecular weight excluding hydrogens is 260 g/mol. The van der Waals surface area contributed by atoms with Gasteiger partial charge in [0.1, 0.15) is 0 Å². The SMILES string of the molecule is Cc1ccc(-c2[nH]c3ccc(C#N)cc3c2C=O)cc1C. The van der Waals surface area contributed by atoms with Crippen LogP contribution >= 0.6 is 0 Å². The highest BCUT2D eigenvalue weighted by molar-refractivity contribution is 6.04. The first-order chi connectivity index (χ1) is 10.1. The molecule has 0 aliphatic rings. The molecule has 3 rings (SSSR count). The van der Waals surface area contributed by atoms with Crippen LogP contribution in [0.4, 0.5) is 0 Å². The van der Waals surface area contributed by atoms with Gasteiger partial charge in [0.25, 0.3) is 0 Å². The van der Waals surface area contributed by atoms with Gasteiger partial charge in [-0.15, -0.1) is 0 Å². The summed E-state index contributed by atoms with van der Waals surface area (Å²) in [6.45, 7) is 4.11. The molecule has 0 spiro atoms. The third-order valence-electron chi connectivity index (χ3n) is 3.88. The number of aldehydes is 1. The maximum Gasteiger partial charge on any atom is 0.152 e. The summed E-state index contributed by atoms with van der Waals surface area (Å²) < 4.78 is 0. The molecule has 3 heteroatoms. The van der Waals surface area contributed by atoms with Crippen LogP contribution in [-0.2, 0) is 0 Å². The number of nitrogens with one attached hydrogen (secondary N) is 1. The molecule has 0 fully saturated rings. The smallest absolute Gasteiger partial charge is 0.152 e. The molecule has 0 saturated heterocycles. The number of benzene rings is 2. The van der Waals surface area contributed by atoms with Crippen LogP contribution in [0.25, 0.3) is 22.2 Å². The number of hydrogen-bond donors (Lipinski definition) is 1. The highest BCUT2D eigenvalue weighted by Gasteiger charge is 2.13. The number of aromatic amines is 1. The normalized spacial score (nSPS) is 10.5. The standard InChI is InChI=1S/C18H14N2O/c1-11-3-5-14(7-12(11)2)18-16(10-21)15-8-13(9-19)4-6-17(15)20-18/h3-8,10,20H,1-2H3. The summed E-state index contributed by atoms with van der Waals surface area (Å²) in [6, 6.07) is 13.6. The molecule has 3 aromatic rings. The van der Waals surface area contributed by atoms with Crippen LogP contribution in [-0.4, -0.2) is 11.3 Å². The van der Waals surface area contributed by atoms with Gasteiger partial charge in [0, 0.05) is 16.5 Å². The van der Waals surface area contributed by atoms with Crippen molar-refractivity contribution in [2.24, 2.45) is 0 Å². The lowest BCUT2D eigenvalue weighted by molar-refractivity contribution is 0.112. The Hall–Kier alpha value is -2.86. The Kier molecular flexibility index (Phi) is 3.08. The number of rotatable bonds is 2. The molecule has 0 aliphatic heterocycles. The van der Waals surface area contributed by atoms with E-state index in [0.717, 1.165) is 28.4 Å². The Morgan fingerprint density at radius 1 is 1.10 bits per heavy atom. The van der Waals surface area contributed by atoms with Gasteiger partial charge in [0.2, 0.25) is 0 Å². The fourth-order valence-corrected chi connectivity index (χ4v) is 2.53. The second-order valence-electron chi connectivity index (χ2n) is 5.20. The molecule has 1 aromatic heterocycles. The fourth-order valence-electron chi connectivity index (χ4n) is 2.53. The number of aromatic nitrogens is 1. The van der Waals surface area contributed by atoms with E-state index in [4.69, 9.17) is 5.26 Å². The van der Waals surface area contributed by atoms with Gasteiger partial charge in [-0.1, -0.05) is 12.1 Å². The van der Waals surface area contributed by atoms with E-state index in [9.17, 15) is 4.79 Å². The summed E-state index contributed by atoms with van der Waals surface area (Å²) in [6.07, 6.45) is 0.852. The van der Waals surface area contributed by atoms with Crippen molar-refractivity contribution in [3.05, 3.63) is 58.7 Å². The zero-order valence-corrected chi connectivity index (χ0v) is 11.9. The summed E-state index contributed by atoms with van der Waals surface area (Å²) in [5.41, 5.74) is 6.20. The van der Waals surface area contributed by atoms with Crippen molar-refractivity contribution in [3.63, 3.8) is 0 Å². The van der Waals surface area contributed by atoms with Gasteiger partial charge in [-0.25, -0.2) is 0 Å². The number of carbonyl (C=O) groups excluding carboxylic acids is 1. The minimum atomic E-state index is 0.552. The van der Waals surface area contributed by atoms with E-state index >= 15 is 0 Å². The van der Waals surface area contributed by atoms with Crippen LogP contribution in [0.1, 0.15) is 27.0 Å². The van der Waals surface area contributed by atoms with Crippen LogP contribution in [0.2, 0.25) is 0 Å². The molecule has 1 heterocycles. The van der Waals surface area contributed by atoms with E-state index in [-0.39, 0.29) is 0 Å². The van der Waals surface area contributed by atoms with E-state index in [1.807, 2.05) is 18.2 Å². The molecule has 0 amide bonds. The Morgan fingerprint density at radius 2 is 1.90 bits per heavy atom. The highest BCUT2D eigenvalue weighted by Crippen LogP contribution is 2.30. The average Bonchev–Trinajstić information content (AvgIpc) is 2.87. The molecule has 21 heavy (non-hydrogen) atoms. The molecule has 102 valence electrons. The van der Waals surface area contributed by atoms with Crippen molar-refractivity contribution in [1.82, 2.24) is 4.98 Å². The van der Waals surface area contributed by atoms with Crippen LogP contribution in [0.3, 0.4) is 0 Å². The number of carbonyl (C=O) groups is 1. The van der Waals surface area contributed by atoms with Crippen molar-refractivity contribution in [2.45, 2.75) is 13.8 Å². The number of H-pyrrole nitrogens is 1. The lowest BCUT2D eigenvalue weighted by Crippen LogP contribution is -1.87. The van der Waals surface area contributed by atoms with Gasteiger partial charge in [-0.2, -0.15) is 5.26 Å². The second kappa shape index (κ2) is 4.92. The van der Waals surface area contributed by atoms with Crippen LogP contribution in [0, 0.1) is 25.2 Å². The van der Waals surface area contributed by atoms with Gasteiger partial charge < -0.3 is 4.98 Å². The Labute approximate surface area is 122 Å². The Balaban J connectivity index is 2.29. The molecule has 0 unspecified atom stereocenters. The van der Waals surface area contributed by atoms with Gasteiger partial charge in [0.05, 0.1) is 17.3 Å². The molecule has 2 aromatic carbocycles. The van der Waals surface area contributed by atoms with Gasteiger partial charge in [0.15, 0.2) is 6.29 Å². The number of nitrogens with zero attached hydrogens (tertiary/aromatic N) is 1. The molecule has 0 aliphatic carbocycles. The zero-order valence-electron chi connectivity index (χ0n) is 11.9. The summed E-state index contributed by atoms with van der Waals surface area (Å²) in [7, 11) is 0. The predicted molar refractivity (Wildman–Crippen MR) is 83.3 cm³/mol. The molecule has 0 radical (unpaired) electrons. The molecule has 3 nitrogen and oxygen atoms in total. The van der Waals surface area contributed by atoms with Crippen molar-refractivity contribution < 1.29 is 4.79 Å². The summed E-state index contributed by atoms with van der Waals surface area (Å²) in [5, 5.41) is 9.79.